The van der Waals surface area contributed by atoms with E-state index < -0.39 is 0 Å². The Kier molecular flexibility index (Phi) is 8.74. The topological polar surface area (TPSA) is 29.5 Å². The van der Waals surface area contributed by atoms with Gasteiger partial charge < -0.3 is 9.64 Å². The molecule has 0 spiro atoms. The summed E-state index contributed by atoms with van der Waals surface area (Å²) in [6, 6.07) is 0. The van der Waals surface area contributed by atoms with Gasteiger partial charge in [0.1, 0.15) is 5.70 Å². The molecule has 0 aliphatic heterocycles. The number of likely N-dealkylation sites (N-methyl/N-ethyl adjacent to an activating group) is 1. The van der Waals surface area contributed by atoms with E-state index in [-0.39, 0.29) is 43.7 Å². The van der Waals surface area contributed by atoms with Crippen molar-refractivity contribution in [2.24, 2.45) is 0 Å². The molecule has 0 amide bonds. The molecule has 0 aliphatic carbocycles. The molecule has 62 valence electrons. The molecule has 0 saturated carbocycles. The molecule has 0 aromatic carbocycles. The van der Waals surface area contributed by atoms with Crippen LogP contribution < -0.4 is 0 Å². The number of carbonyl (C=O) groups excluding carboxylic acids is 1. The second-order valence-electron chi connectivity index (χ2n) is 2.06. The van der Waals surface area contributed by atoms with Gasteiger partial charge in [-0.05, 0) is 6.92 Å². The number of rotatable bonds is 3. The van der Waals surface area contributed by atoms with E-state index in [4.69, 9.17) is 0 Å². The van der Waals surface area contributed by atoms with E-state index in [1.807, 2.05) is 0 Å². The summed E-state index contributed by atoms with van der Waals surface area (Å²) in [6.45, 7) is 5.68. The molecule has 0 unspecified atom stereocenters. The second kappa shape index (κ2) is 6.95. The number of nitrogens with zero attached hydrogens (tertiary/aromatic N) is 1. The molecule has 0 aromatic rings. The van der Waals surface area contributed by atoms with Gasteiger partial charge in [-0.2, -0.15) is 0 Å². The zero-order chi connectivity index (χ0) is 8.15. The van der Waals surface area contributed by atoms with Crippen molar-refractivity contribution in [3.05, 3.63) is 12.3 Å². The van der Waals surface area contributed by atoms with Crippen LogP contribution in [0, 0.1) is 0 Å². The van der Waals surface area contributed by atoms with Crippen molar-refractivity contribution < 1.29 is 9.53 Å². The number of carbonyl (C=O) groups is 1. The summed E-state index contributed by atoms with van der Waals surface area (Å²) in [5.41, 5.74) is 0.377. The molecule has 0 aromatic heterocycles. The molecule has 0 N–H and O–H groups in total. The molecule has 0 radical (unpaired) electrons. The van der Waals surface area contributed by atoms with Crippen molar-refractivity contribution in [2.45, 2.75) is 6.92 Å². The van der Waals surface area contributed by atoms with Gasteiger partial charge >= 0.3 is 43.7 Å². The average molecular weight is 185 g/mol. The van der Waals surface area contributed by atoms with Gasteiger partial charge in [-0.25, -0.2) is 4.79 Å². The van der Waals surface area contributed by atoms with Gasteiger partial charge in [0.15, 0.2) is 0 Å². The predicted octanol–water partition coefficient (Wildman–Crippen LogP) is -0.291. The molecular formula is C7H15CaNO2. The van der Waals surface area contributed by atoms with Crippen LogP contribution in [-0.2, 0) is 9.53 Å². The Hall–Kier alpha value is 0.270. The van der Waals surface area contributed by atoms with Gasteiger partial charge in [0, 0.05) is 14.1 Å². The number of ether oxygens (including phenoxy) is 1. The molecule has 3 nitrogen and oxygen atoms in total. The summed E-state index contributed by atoms with van der Waals surface area (Å²) < 4.78 is 4.68. The Labute approximate surface area is 97.4 Å². The van der Waals surface area contributed by atoms with E-state index >= 15 is 0 Å². The third kappa shape index (κ3) is 5.53. The molecule has 0 fully saturated rings. The summed E-state index contributed by atoms with van der Waals surface area (Å²) in [7, 11) is 3.50. The third-order valence-electron chi connectivity index (χ3n) is 1.05. The van der Waals surface area contributed by atoms with E-state index in [9.17, 15) is 4.79 Å². The van der Waals surface area contributed by atoms with E-state index in [1.165, 1.54) is 0 Å². The number of esters is 1. The van der Waals surface area contributed by atoms with Crippen LogP contribution in [0.1, 0.15) is 6.92 Å². The van der Waals surface area contributed by atoms with Crippen LogP contribution in [0.5, 0.6) is 0 Å². The SMILES string of the molecule is C=C(C(=O)OCC)N(C)C.[CaH2]. The summed E-state index contributed by atoms with van der Waals surface area (Å²) >= 11 is 0. The fourth-order valence-electron chi connectivity index (χ4n) is 0.397. The second-order valence-corrected chi connectivity index (χ2v) is 2.06. The fraction of sp³-hybridized carbons (Fsp3) is 0.571. The van der Waals surface area contributed by atoms with Gasteiger partial charge in [-0.15, -0.1) is 0 Å². The van der Waals surface area contributed by atoms with Crippen molar-refractivity contribution >= 4 is 43.7 Å². The zero-order valence-corrected chi connectivity index (χ0v) is 6.68. The quantitative estimate of drug-likeness (QED) is 0.344. The maximum atomic E-state index is 10.8. The van der Waals surface area contributed by atoms with Crippen molar-refractivity contribution in [1.29, 1.82) is 0 Å². The number of hydrogen-bond acceptors (Lipinski definition) is 3. The zero-order valence-electron chi connectivity index (χ0n) is 6.68. The van der Waals surface area contributed by atoms with Gasteiger partial charge in [0.05, 0.1) is 6.61 Å². The first-order valence-corrected chi connectivity index (χ1v) is 3.13. The normalized spacial score (nSPS) is 7.91. The first-order valence-electron chi connectivity index (χ1n) is 3.13. The molecule has 0 atom stereocenters. The summed E-state index contributed by atoms with van der Waals surface area (Å²) in [5.74, 6) is -0.354. The maximum absolute atomic E-state index is 10.8. The Bertz CT molecular complexity index is 145. The molecule has 0 heterocycles. The molecule has 4 heteroatoms. The van der Waals surface area contributed by atoms with Crippen molar-refractivity contribution in [1.82, 2.24) is 4.90 Å². The Morgan fingerprint density at radius 1 is 1.55 bits per heavy atom. The first-order chi connectivity index (χ1) is 4.59. The fourth-order valence-corrected chi connectivity index (χ4v) is 0.397. The van der Waals surface area contributed by atoms with E-state index in [1.54, 1.807) is 25.9 Å². The van der Waals surface area contributed by atoms with Crippen LogP contribution in [-0.4, -0.2) is 69.3 Å². The summed E-state index contributed by atoms with van der Waals surface area (Å²) in [5, 5.41) is 0. The molecule has 11 heavy (non-hydrogen) atoms. The molecule has 0 bridgehead atoms. The van der Waals surface area contributed by atoms with Crippen LogP contribution in [0.2, 0.25) is 0 Å². The van der Waals surface area contributed by atoms with Crippen LogP contribution in [0.3, 0.4) is 0 Å². The van der Waals surface area contributed by atoms with Gasteiger partial charge in [-0.3, -0.25) is 0 Å². The Balaban J connectivity index is 0. The molecular weight excluding hydrogens is 170 g/mol. The first kappa shape index (κ1) is 13.8. The minimum atomic E-state index is -0.354. The van der Waals surface area contributed by atoms with Crippen molar-refractivity contribution in [3.8, 4) is 0 Å². The van der Waals surface area contributed by atoms with E-state index in [0.717, 1.165) is 0 Å². The molecule has 0 rings (SSSR count). The van der Waals surface area contributed by atoms with Gasteiger partial charge in [-0.1, -0.05) is 6.58 Å². The van der Waals surface area contributed by atoms with Gasteiger partial charge in [0.2, 0.25) is 0 Å². The summed E-state index contributed by atoms with van der Waals surface area (Å²) in [6.07, 6.45) is 0. The van der Waals surface area contributed by atoms with Crippen LogP contribution >= 0.6 is 0 Å². The van der Waals surface area contributed by atoms with Crippen molar-refractivity contribution in [2.75, 3.05) is 20.7 Å². The molecule has 0 aliphatic rings. The Morgan fingerprint density at radius 2 is 2.00 bits per heavy atom. The van der Waals surface area contributed by atoms with Gasteiger partial charge in [0.25, 0.3) is 0 Å². The summed E-state index contributed by atoms with van der Waals surface area (Å²) in [4.78, 5) is 12.4. The van der Waals surface area contributed by atoms with Crippen molar-refractivity contribution in [3.63, 3.8) is 0 Å². The monoisotopic (exact) mass is 185 g/mol. The molecule has 0 saturated heterocycles. The van der Waals surface area contributed by atoms with E-state index in [2.05, 4.69) is 11.3 Å². The van der Waals surface area contributed by atoms with Crippen LogP contribution in [0.4, 0.5) is 0 Å². The standard InChI is InChI=1S/C7H13NO2.Ca.2H/c1-5-10-7(9)6(2)8(3)4;;;/h2,5H2,1,3-4H3;;;. The minimum absolute atomic E-state index is 0. The van der Waals surface area contributed by atoms with Crippen LogP contribution in [0.15, 0.2) is 12.3 Å². The van der Waals surface area contributed by atoms with Crippen LogP contribution in [0.25, 0.3) is 0 Å². The number of hydrogen-bond donors (Lipinski definition) is 0. The van der Waals surface area contributed by atoms with E-state index in [0.29, 0.717) is 12.3 Å². The Morgan fingerprint density at radius 3 is 2.27 bits per heavy atom. The average Bonchev–Trinajstić information content (AvgIpc) is 1.87. The third-order valence-corrected chi connectivity index (χ3v) is 1.05. The predicted molar refractivity (Wildman–Crippen MR) is 48.0 cm³/mol.